The number of esters is 2. The van der Waals surface area contributed by atoms with Crippen LogP contribution >= 0.6 is 11.8 Å². The van der Waals surface area contributed by atoms with Gasteiger partial charge in [-0.15, -0.1) is 11.8 Å². The monoisotopic (exact) mass is 545 g/mol. The number of rotatable bonds is 9. The Morgan fingerprint density at radius 3 is 2.05 bits per heavy atom. The predicted molar refractivity (Wildman–Crippen MR) is 148 cm³/mol. The predicted octanol–water partition coefficient (Wildman–Crippen LogP) is 4.87. The highest BCUT2D eigenvalue weighted by molar-refractivity contribution is 7.99. The molecule has 1 unspecified atom stereocenters. The van der Waals surface area contributed by atoms with Crippen LogP contribution in [-0.2, 0) is 19.1 Å². The minimum atomic E-state index is -0.668. The first-order valence-electron chi connectivity index (χ1n) is 11.8. The van der Waals surface area contributed by atoms with E-state index in [0.717, 1.165) is 10.5 Å². The molecule has 2 aromatic carbocycles. The average Bonchev–Trinajstić information content (AvgIpc) is 3.22. The lowest BCUT2D eigenvalue weighted by Gasteiger charge is -2.23. The van der Waals surface area contributed by atoms with E-state index < -0.39 is 11.9 Å². The third kappa shape index (κ3) is 6.29. The van der Waals surface area contributed by atoms with Gasteiger partial charge in [0.2, 0.25) is 11.8 Å². The Balaban J connectivity index is 1.70. The molecule has 0 saturated heterocycles. The van der Waals surface area contributed by atoms with Crippen molar-refractivity contribution in [1.29, 1.82) is 0 Å². The molecule has 1 atom stereocenters. The van der Waals surface area contributed by atoms with Crippen molar-refractivity contribution in [3.05, 3.63) is 108 Å². The molecule has 0 amide bonds. The molecule has 0 N–H and O–H groups in total. The summed E-state index contributed by atoms with van der Waals surface area (Å²) in [4.78, 5) is 36.9. The van der Waals surface area contributed by atoms with Gasteiger partial charge in [-0.3, -0.25) is 0 Å². The Morgan fingerprint density at radius 1 is 0.821 bits per heavy atom. The van der Waals surface area contributed by atoms with E-state index in [2.05, 4.69) is 9.97 Å². The highest BCUT2D eigenvalue weighted by atomic mass is 32.2. The van der Waals surface area contributed by atoms with E-state index in [9.17, 15) is 9.59 Å². The van der Waals surface area contributed by atoms with Gasteiger partial charge in [-0.25, -0.2) is 9.59 Å². The zero-order valence-electron chi connectivity index (χ0n) is 21.9. The number of carbonyl (C=O) groups excluding carboxylic acids is 2. The first kappa shape index (κ1) is 27.5. The molecule has 3 aromatic rings. The lowest BCUT2D eigenvalue weighted by Crippen LogP contribution is -2.26. The summed E-state index contributed by atoms with van der Waals surface area (Å²) < 4.78 is 20.6. The fraction of sp³-hybridized carbons (Fsp3) is 0.172. The number of aromatic nitrogens is 2. The summed E-state index contributed by atoms with van der Waals surface area (Å²) in [5, 5.41) is -0.264. The number of nitrogens with zero attached hydrogens (tertiary/aromatic N) is 3. The average molecular weight is 546 g/mol. The van der Waals surface area contributed by atoms with Crippen LogP contribution in [0.25, 0.3) is 0 Å². The van der Waals surface area contributed by atoms with Crippen LogP contribution in [0.3, 0.4) is 0 Å². The summed E-state index contributed by atoms with van der Waals surface area (Å²) in [5.74, 6) is 0.0227. The van der Waals surface area contributed by atoms with Crippen molar-refractivity contribution in [2.45, 2.75) is 10.1 Å². The highest BCUT2D eigenvalue weighted by Gasteiger charge is 2.28. The molecule has 0 saturated carbocycles. The molecular formula is C29H27N3O6S. The second-order valence-corrected chi connectivity index (χ2v) is 9.21. The molecular weight excluding hydrogens is 518 g/mol. The number of ether oxygens (including phenoxy) is 4. The van der Waals surface area contributed by atoms with Gasteiger partial charge in [-0.2, -0.15) is 9.97 Å². The molecule has 4 rings (SSSR count). The minimum absolute atomic E-state index is 0.0498. The van der Waals surface area contributed by atoms with Gasteiger partial charge in [0, 0.05) is 16.8 Å². The maximum Gasteiger partial charge on any atom is 0.355 e. The van der Waals surface area contributed by atoms with E-state index in [1.165, 1.54) is 20.3 Å². The molecule has 9 nitrogen and oxygen atoms in total. The summed E-state index contributed by atoms with van der Waals surface area (Å²) in [6.45, 7) is 0. The summed E-state index contributed by atoms with van der Waals surface area (Å²) in [7, 11) is 5.62. The number of methoxy groups -OCH3 is 4. The molecule has 39 heavy (non-hydrogen) atoms. The minimum Gasteiger partial charge on any atom is -0.481 e. The summed E-state index contributed by atoms with van der Waals surface area (Å²) >= 11 is 1.55. The van der Waals surface area contributed by atoms with Crippen LogP contribution in [0.2, 0.25) is 0 Å². The van der Waals surface area contributed by atoms with Crippen LogP contribution in [0, 0.1) is 0 Å². The zero-order chi connectivity index (χ0) is 27.8. The molecule has 0 spiro atoms. The molecule has 200 valence electrons. The lowest BCUT2D eigenvalue weighted by atomic mass is 10.1. The number of carbonyl (C=O) groups is 2. The quantitative estimate of drug-likeness (QED) is 0.274. The fourth-order valence-corrected chi connectivity index (χ4v) is 4.90. The smallest absolute Gasteiger partial charge is 0.355 e. The third-order valence-electron chi connectivity index (χ3n) is 5.71. The second kappa shape index (κ2) is 12.8. The number of thioether (sulfide) groups is 1. The van der Waals surface area contributed by atoms with Crippen molar-refractivity contribution < 1.29 is 28.5 Å². The van der Waals surface area contributed by atoms with E-state index >= 15 is 0 Å². The topological polar surface area (TPSA) is 100 Å². The van der Waals surface area contributed by atoms with E-state index in [0.29, 0.717) is 23.3 Å². The molecule has 2 heterocycles. The number of hydrogen-bond acceptors (Lipinski definition) is 10. The SMILES string of the molecule is COC(=O)C1=C(C(=O)OC)N(c2ccc(SC(c3ccccc3)c3nc(OC)cc(OC)n3)cc2)C=CC=C1. The van der Waals surface area contributed by atoms with Crippen LogP contribution < -0.4 is 14.4 Å². The molecule has 0 fully saturated rings. The molecule has 10 heteroatoms. The molecule has 1 aliphatic rings. The van der Waals surface area contributed by atoms with Crippen LogP contribution in [0.5, 0.6) is 11.8 Å². The molecule has 0 radical (unpaired) electrons. The summed E-state index contributed by atoms with van der Waals surface area (Å²) in [5.41, 5.74) is 1.79. The Kier molecular flexibility index (Phi) is 9.01. The van der Waals surface area contributed by atoms with Crippen molar-refractivity contribution in [1.82, 2.24) is 9.97 Å². The lowest BCUT2D eigenvalue weighted by molar-refractivity contribution is -0.139. The van der Waals surface area contributed by atoms with Crippen molar-refractivity contribution in [2.75, 3.05) is 33.3 Å². The van der Waals surface area contributed by atoms with Gasteiger partial charge >= 0.3 is 11.9 Å². The van der Waals surface area contributed by atoms with Crippen molar-refractivity contribution in [3.8, 4) is 11.8 Å². The Labute approximate surface area is 230 Å². The maximum atomic E-state index is 12.7. The van der Waals surface area contributed by atoms with Gasteiger partial charge in [-0.05, 0) is 42.0 Å². The summed E-state index contributed by atoms with van der Waals surface area (Å²) in [6, 6.07) is 19.1. The number of allylic oxidation sites excluding steroid dienone is 2. The van der Waals surface area contributed by atoms with Gasteiger partial charge in [0.15, 0.2) is 5.82 Å². The van der Waals surface area contributed by atoms with Gasteiger partial charge < -0.3 is 23.8 Å². The van der Waals surface area contributed by atoms with Crippen molar-refractivity contribution >= 4 is 29.4 Å². The number of benzene rings is 2. The van der Waals surface area contributed by atoms with E-state index in [4.69, 9.17) is 18.9 Å². The second-order valence-electron chi connectivity index (χ2n) is 8.03. The molecule has 1 aliphatic heterocycles. The first-order valence-corrected chi connectivity index (χ1v) is 12.7. The van der Waals surface area contributed by atoms with E-state index in [1.54, 1.807) is 55.3 Å². The van der Waals surface area contributed by atoms with Gasteiger partial charge in [-0.1, -0.05) is 36.4 Å². The number of anilines is 1. The zero-order valence-corrected chi connectivity index (χ0v) is 22.7. The largest absolute Gasteiger partial charge is 0.481 e. The van der Waals surface area contributed by atoms with Gasteiger partial charge in [0.25, 0.3) is 0 Å². The van der Waals surface area contributed by atoms with Crippen molar-refractivity contribution in [2.24, 2.45) is 0 Å². The molecule has 0 aliphatic carbocycles. The maximum absolute atomic E-state index is 12.7. The number of hydrogen-bond donors (Lipinski definition) is 0. The van der Waals surface area contributed by atoms with Crippen LogP contribution in [0.1, 0.15) is 16.6 Å². The van der Waals surface area contributed by atoms with Crippen molar-refractivity contribution in [3.63, 3.8) is 0 Å². The third-order valence-corrected chi connectivity index (χ3v) is 6.97. The van der Waals surface area contributed by atoms with Crippen LogP contribution in [0.15, 0.2) is 101 Å². The standard InChI is InChI=1S/C29H27N3O6S/c1-35-23-18-24(36-2)31-27(30-23)26(19-10-6-5-7-11-19)39-21-15-13-20(14-16-21)32-17-9-8-12-22(28(33)37-3)25(32)29(34)38-4/h5-18,26H,1-4H3. The van der Waals surface area contributed by atoms with Crippen LogP contribution in [0.4, 0.5) is 5.69 Å². The Hall–Kier alpha value is -4.57. The van der Waals surface area contributed by atoms with Crippen LogP contribution in [-0.4, -0.2) is 50.3 Å². The molecule has 1 aromatic heterocycles. The van der Waals surface area contributed by atoms with Gasteiger partial charge in [0.1, 0.15) is 5.70 Å². The van der Waals surface area contributed by atoms with Gasteiger partial charge in [0.05, 0.1) is 45.3 Å². The fourth-order valence-electron chi connectivity index (χ4n) is 3.83. The Bertz CT molecular complexity index is 1400. The highest BCUT2D eigenvalue weighted by Crippen LogP contribution is 2.41. The van der Waals surface area contributed by atoms with E-state index in [1.807, 2.05) is 54.6 Å². The van der Waals surface area contributed by atoms with E-state index in [-0.39, 0.29) is 16.5 Å². The molecule has 0 bridgehead atoms. The Morgan fingerprint density at radius 2 is 1.46 bits per heavy atom. The normalized spacial score (nSPS) is 13.5. The first-order chi connectivity index (χ1) is 19.0. The summed E-state index contributed by atoms with van der Waals surface area (Å²) in [6.07, 6.45) is 6.59.